The number of rotatable bonds is 7. The van der Waals surface area contributed by atoms with E-state index in [2.05, 4.69) is 184 Å². The quantitative estimate of drug-likeness (QED) is 0.0907. The molecular weight excluding hydrogens is 1060 g/mol. The number of pyridine rings is 1. The van der Waals surface area contributed by atoms with Crippen LogP contribution in [-0.4, -0.2) is 22.6 Å². The average molecular weight is 1120 g/mol. The molecule has 0 aliphatic rings. The molecule has 4 nitrogen and oxygen atoms in total. The Morgan fingerprint density at radius 3 is 1.97 bits per heavy atom. The van der Waals surface area contributed by atoms with Crippen molar-refractivity contribution in [3.8, 4) is 39.5 Å². The first-order chi connectivity index (χ1) is 36.2. The molecule has 0 atom stereocenters. The molecule has 0 saturated heterocycles. The van der Waals surface area contributed by atoms with E-state index >= 15 is 0 Å². The molecule has 0 aliphatic heterocycles. The zero-order chi connectivity index (χ0) is 53.4. The Kier molecular flexibility index (Phi) is 10.9. The van der Waals surface area contributed by atoms with Crippen LogP contribution in [0.1, 0.15) is 70.0 Å². The van der Waals surface area contributed by atoms with Gasteiger partial charge in [0, 0.05) is 51.0 Å². The minimum atomic E-state index is -2.41. The second kappa shape index (κ2) is 19.0. The van der Waals surface area contributed by atoms with Gasteiger partial charge in [0.25, 0.3) is 0 Å². The smallest absolute Gasteiger partial charge is 0.121 e. The maximum absolute atomic E-state index is 8.69. The first kappa shape index (κ1) is 40.7. The largest absolute Gasteiger partial charge is 0.501 e. The van der Waals surface area contributed by atoms with Crippen LogP contribution in [0.3, 0.4) is 0 Å². The van der Waals surface area contributed by atoms with E-state index in [4.69, 9.17) is 17.6 Å². The summed E-state index contributed by atoms with van der Waals surface area (Å²) < 4.78 is 57.3. The number of aromatic nitrogens is 3. The number of hydrogen-bond donors (Lipinski definition) is 0. The van der Waals surface area contributed by atoms with E-state index in [0.717, 1.165) is 65.7 Å². The maximum atomic E-state index is 8.69. The van der Waals surface area contributed by atoms with E-state index in [1.165, 1.54) is 33.5 Å². The minimum absolute atomic E-state index is 0. The SMILES string of the molecule is [2H]C([2H])([2H])c1c[c-]c(-c2ccc([Si](C)(C)C)cn2)cc1.[2H]C([2H])([2H])c1c[c-]c(-c2nc3ccc4ccccc4c3n2-c2c(C(C)C)cc(-c3ccccc3)cc2C(C)C)c2oc3cc4ccc5ccccc5c4cc3c12.[Ir]. The Bertz CT molecular complexity index is 4090. The number of hydrogen-bond acceptors (Lipinski definition) is 3. The number of benzene rings is 9. The van der Waals surface area contributed by atoms with Gasteiger partial charge < -0.3 is 14.0 Å². The van der Waals surface area contributed by atoms with Crippen LogP contribution in [0.25, 0.3) is 105 Å². The molecule has 0 spiro atoms. The summed E-state index contributed by atoms with van der Waals surface area (Å²) in [5.74, 6) is 0.993. The van der Waals surface area contributed by atoms with Gasteiger partial charge in [-0.3, -0.25) is 4.98 Å². The minimum Gasteiger partial charge on any atom is -0.501 e. The predicted molar refractivity (Wildman–Crippen MR) is 300 cm³/mol. The molecule has 353 valence electrons. The van der Waals surface area contributed by atoms with E-state index < -0.39 is 21.8 Å². The second-order valence-corrected chi connectivity index (χ2v) is 25.1. The summed E-state index contributed by atoms with van der Waals surface area (Å²) in [5.41, 5.74) is 11.5. The zero-order valence-electron chi connectivity index (χ0n) is 46.9. The summed E-state index contributed by atoms with van der Waals surface area (Å²) in [7, 11) is -1.34. The second-order valence-electron chi connectivity index (χ2n) is 20.0. The molecule has 3 heterocycles. The van der Waals surface area contributed by atoms with Gasteiger partial charge in [-0.2, -0.15) is 0 Å². The first-order valence-corrected chi connectivity index (χ1v) is 27.6. The Morgan fingerprint density at radius 2 is 1.31 bits per heavy atom. The van der Waals surface area contributed by atoms with Gasteiger partial charge in [-0.15, -0.1) is 53.1 Å². The van der Waals surface area contributed by atoms with Crippen LogP contribution in [0.15, 0.2) is 174 Å². The molecule has 71 heavy (non-hydrogen) atoms. The van der Waals surface area contributed by atoms with Gasteiger partial charge >= 0.3 is 0 Å². The normalized spacial score (nSPS) is 13.5. The van der Waals surface area contributed by atoms with Gasteiger partial charge in [0.05, 0.1) is 30.5 Å². The van der Waals surface area contributed by atoms with E-state index in [1.807, 2.05) is 30.5 Å². The fourth-order valence-corrected chi connectivity index (χ4v) is 10.9. The molecule has 0 amide bonds. The standard InChI is InChI=1S/C50H39N2O.C15H18NSi.Ir/c1-29(2)40-25-36(32-13-7-6-8-14-32)26-41(30(3)4)47(40)52-48-38-18-12-10-16-34(38)22-24-44(48)51-50(52)39-23-19-31(5)46-43-28-42-35(27-45(43)53-49(39)46)21-20-33-15-9-11-17-37(33)42;1-12-5-7-13(8-6-12)15-10-9-14(11-16-15)17(2,3)4;/h6-22,24-30H,1-5H3;5-7,9-11H,1-4H3;/q2*-1;/i5D3;1D3;. The molecule has 0 bridgehead atoms. The topological polar surface area (TPSA) is 43.9 Å². The zero-order valence-corrected chi connectivity index (χ0v) is 44.3. The Labute approximate surface area is 440 Å². The third-order valence-corrected chi connectivity index (χ3v) is 15.7. The van der Waals surface area contributed by atoms with Crippen LogP contribution >= 0.6 is 0 Å². The fraction of sp³-hybridized carbons (Fsp3) is 0.169. The van der Waals surface area contributed by atoms with Crippen LogP contribution in [0, 0.1) is 25.8 Å². The molecule has 12 rings (SSSR count). The van der Waals surface area contributed by atoms with Crippen molar-refractivity contribution >= 4 is 78.5 Å². The summed E-state index contributed by atoms with van der Waals surface area (Å²) in [6.07, 6.45) is 1.92. The molecule has 12 aromatic rings. The van der Waals surface area contributed by atoms with E-state index in [-0.39, 0.29) is 37.5 Å². The average Bonchev–Trinajstić information content (AvgIpc) is 4.06. The third-order valence-electron chi connectivity index (χ3n) is 13.6. The molecule has 0 aliphatic carbocycles. The van der Waals surface area contributed by atoms with Gasteiger partial charge in [-0.25, -0.2) is 0 Å². The molecule has 0 unspecified atom stereocenters. The molecule has 3 aromatic heterocycles. The summed E-state index contributed by atoms with van der Waals surface area (Å²) in [5, 5.41) is 9.13. The summed E-state index contributed by atoms with van der Waals surface area (Å²) >= 11 is 0. The van der Waals surface area contributed by atoms with E-state index in [9.17, 15) is 0 Å². The Morgan fingerprint density at radius 1 is 0.620 bits per heavy atom. The van der Waals surface area contributed by atoms with Crippen LogP contribution < -0.4 is 5.19 Å². The Balaban J connectivity index is 0.000000271. The van der Waals surface area contributed by atoms with Crippen LogP contribution in [0.5, 0.6) is 0 Å². The third kappa shape index (κ3) is 8.73. The van der Waals surface area contributed by atoms with Gasteiger partial charge in [0.15, 0.2) is 0 Å². The molecule has 0 fully saturated rings. The summed E-state index contributed by atoms with van der Waals surface area (Å²) in [4.78, 5) is 9.90. The number of imidazole rings is 1. The number of furan rings is 1. The molecule has 9 aromatic carbocycles. The van der Waals surface area contributed by atoms with Crippen molar-refractivity contribution in [3.05, 3.63) is 204 Å². The van der Waals surface area contributed by atoms with Crippen molar-refractivity contribution in [2.75, 3.05) is 0 Å². The van der Waals surface area contributed by atoms with Crippen molar-refractivity contribution in [1.82, 2.24) is 14.5 Å². The molecular formula is C65H57IrN3OSi-2. The summed E-state index contributed by atoms with van der Waals surface area (Å²) in [6.45, 7) is 11.3. The van der Waals surface area contributed by atoms with Gasteiger partial charge in [-0.1, -0.05) is 181 Å². The number of fused-ring (bicyclic) bond motifs is 9. The summed E-state index contributed by atoms with van der Waals surface area (Å²) in [6, 6.07) is 61.6. The molecule has 0 N–H and O–H groups in total. The van der Waals surface area contributed by atoms with E-state index in [1.54, 1.807) is 18.2 Å². The van der Waals surface area contributed by atoms with Crippen LogP contribution in [0.4, 0.5) is 0 Å². The van der Waals surface area contributed by atoms with Crippen molar-refractivity contribution in [2.45, 2.75) is 72.9 Å². The molecule has 1 radical (unpaired) electrons. The number of aryl methyl sites for hydroxylation is 2. The van der Waals surface area contributed by atoms with Crippen molar-refractivity contribution < 1.29 is 32.7 Å². The first-order valence-electron chi connectivity index (χ1n) is 27.1. The van der Waals surface area contributed by atoms with E-state index in [0.29, 0.717) is 33.5 Å². The maximum Gasteiger partial charge on any atom is 0.121 e. The van der Waals surface area contributed by atoms with Crippen LogP contribution in [0.2, 0.25) is 19.6 Å². The number of nitrogens with zero attached hydrogens (tertiary/aromatic N) is 3. The molecule has 0 saturated carbocycles. The van der Waals surface area contributed by atoms with Crippen LogP contribution in [-0.2, 0) is 20.1 Å². The van der Waals surface area contributed by atoms with Crippen molar-refractivity contribution in [2.24, 2.45) is 0 Å². The van der Waals surface area contributed by atoms with Crippen molar-refractivity contribution in [3.63, 3.8) is 0 Å². The monoisotopic (exact) mass is 1120 g/mol. The Hall–Kier alpha value is -6.95. The van der Waals surface area contributed by atoms with Gasteiger partial charge in [0.1, 0.15) is 5.58 Å². The van der Waals surface area contributed by atoms with Crippen molar-refractivity contribution in [1.29, 1.82) is 0 Å². The fourth-order valence-electron chi connectivity index (χ4n) is 9.91. The van der Waals surface area contributed by atoms with Gasteiger partial charge in [0.2, 0.25) is 0 Å². The molecule has 6 heteroatoms. The van der Waals surface area contributed by atoms with Gasteiger partial charge in [-0.05, 0) is 102 Å². The predicted octanol–water partition coefficient (Wildman–Crippen LogP) is 17.5.